The highest BCUT2D eigenvalue weighted by Gasteiger charge is 2.19. The van der Waals surface area contributed by atoms with Crippen LogP contribution in [0.3, 0.4) is 0 Å². The van der Waals surface area contributed by atoms with E-state index in [2.05, 4.69) is 4.90 Å². The first-order valence-electron chi connectivity index (χ1n) is 7.25. The van der Waals surface area contributed by atoms with Gasteiger partial charge in [-0.2, -0.15) is 0 Å². The summed E-state index contributed by atoms with van der Waals surface area (Å²) >= 11 is 6.24. The fraction of sp³-hybridized carbons (Fsp3) is 0.533. The summed E-state index contributed by atoms with van der Waals surface area (Å²) in [7, 11) is 1.53. The minimum Gasteiger partial charge on any atom is -0.493 e. The Kier molecular flexibility index (Phi) is 7.91. The summed E-state index contributed by atoms with van der Waals surface area (Å²) in [5.41, 5.74) is 12.1. The van der Waals surface area contributed by atoms with E-state index in [1.54, 1.807) is 0 Å². The van der Waals surface area contributed by atoms with Gasteiger partial charge in [-0.25, -0.2) is 0 Å². The van der Waals surface area contributed by atoms with Gasteiger partial charge in [-0.1, -0.05) is 11.6 Å². The molecule has 0 aliphatic carbocycles. The average molecular weight is 364 g/mol. The molecular weight excluding hydrogens is 341 g/mol. The molecular formula is C15H23Cl2N3O3. The van der Waals surface area contributed by atoms with Crippen LogP contribution >= 0.6 is 24.0 Å². The van der Waals surface area contributed by atoms with Crippen LogP contribution in [0.5, 0.6) is 11.5 Å². The van der Waals surface area contributed by atoms with Gasteiger partial charge in [-0.3, -0.25) is 9.69 Å². The van der Waals surface area contributed by atoms with E-state index in [-0.39, 0.29) is 25.1 Å². The first-order valence-corrected chi connectivity index (χ1v) is 7.63. The zero-order valence-electron chi connectivity index (χ0n) is 13.1. The standard InChI is InChI=1S/C15H22ClN3O3.ClH/c1-21-13-6-10(7-19-4-2-3-11(17)8-19)5-12(16)15(13)22-9-14(18)20;/h5-6,11H,2-4,7-9,17H2,1H3,(H2,18,20);1H. The van der Waals surface area contributed by atoms with Crippen molar-refractivity contribution in [3.05, 3.63) is 22.7 Å². The molecule has 0 aromatic heterocycles. The van der Waals surface area contributed by atoms with E-state index in [4.69, 9.17) is 32.5 Å². The Morgan fingerprint density at radius 3 is 2.83 bits per heavy atom. The summed E-state index contributed by atoms with van der Waals surface area (Å²) < 4.78 is 10.6. The highest BCUT2D eigenvalue weighted by Crippen LogP contribution is 2.36. The van der Waals surface area contributed by atoms with Crippen LogP contribution in [0.2, 0.25) is 5.02 Å². The molecule has 130 valence electrons. The van der Waals surface area contributed by atoms with E-state index in [0.29, 0.717) is 16.5 Å². The van der Waals surface area contributed by atoms with Crippen LogP contribution in [0.15, 0.2) is 12.1 Å². The molecule has 0 saturated carbocycles. The molecule has 1 aliphatic heterocycles. The lowest BCUT2D eigenvalue weighted by Crippen LogP contribution is -2.42. The molecule has 1 atom stereocenters. The maximum absolute atomic E-state index is 10.8. The minimum absolute atomic E-state index is 0. The van der Waals surface area contributed by atoms with Gasteiger partial charge in [0.05, 0.1) is 12.1 Å². The van der Waals surface area contributed by atoms with E-state index in [9.17, 15) is 4.79 Å². The van der Waals surface area contributed by atoms with Gasteiger partial charge in [0, 0.05) is 19.1 Å². The molecule has 0 bridgehead atoms. The normalized spacial score (nSPS) is 18.1. The van der Waals surface area contributed by atoms with Gasteiger partial charge >= 0.3 is 0 Å². The van der Waals surface area contributed by atoms with Crippen LogP contribution in [0, 0.1) is 0 Å². The Labute approximate surface area is 147 Å². The molecule has 1 fully saturated rings. The fourth-order valence-corrected chi connectivity index (χ4v) is 2.93. The molecule has 1 aromatic rings. The van der Waals surface area contributed by atoms with Crippen molar-refractivity contribution in [3.63, 3.8) is 0 Å². The van der Waals surface area contributed by atoms with Crippen LogP contribution in [0.4, 0.5) is 0 Å². The Bertz CT molecular complexity index is 543. The van der Waals surface area contributed by atoms with E-state index in [1.807, 2.05) is 12.1 Å². The first kappa shape index (κ1) is 19.8. The molecule has 6 nitrogen and oxygen atoms in total. The summed E-state index contributed by atoms with van der Waals surface area (Å²) in [6.07, 6.45) is 2.17. The molecule has 8 heteroatoms. The maximum atomic E-state index is 10.8. The number of nitrogens with two attached hydrogens (primary N) is 2. The molecule has 1 unspecified atom stereocenters. The predicted molar refractivity (Wildman–Crippen MR) is 92.4 cm³/mol. The molecule has 0 spiro atoms. The van der Waals surface area contributed by atoms with Gasteiger partial charge in [0.25, 0.3) is 5.91 Å². The number of carbonyl (C=O) groups is 1. The molecule has 1 amide bonds. The molecule has 0 radical (unpaired) electrons. The Morgan fingerprint density at radius 1 is 1.48 bits per heavy atom. The highest BCUT2D eigenvalue weighted by molar-refractivity contribution is 6.32. The zero-order valence-corrected chi connectivity index (χ0v) is 14.7. The quantitative estimate of drug-likeness (QED) is 0.800. The van der Waals surface area contributed by atoms with Gasteiger partial charge in [-0.05, 0) is 37.1 Å². The Hall–Kier alpha value is -1.21. The zero-order chi connectivity index (χ0) is 16.1. The minimum atomic E-state index is -0.565. The number of halogens is 2. The van der Waals surface area contributed by atoms with Gasteiger partial charge in [-0.15, -0.1) is 12.4 Å². The van der Waals surface area contributed by atoms with E-state index < -0.39 is 5.91 Å². The summed E-state index contributed by atoms with van der Waals surface area (Å²) in [6.45, 7) is 2.41. The number of ether oxygens (including phenoxy) is 2. The number of methoxy groups -OCH3 is 1. The number of amides is 1. The molecule has 1 aromatic carbocycles. The molecule has 1 heterocycles. The van der Waals surface area contributed by atoms with Crippen LogP contribution in [0.25, 0.3) is 0 Å². The highest BCUT2D eigenvalue weighted by atomic mass is 35.5. The second-order valence-electron chi connectivity index (χ2n) is 5.50. The van der Waals surface area contributed by atoms with Crippen molar-refractivity contribution in [1.29, 1.82) is 0 Å². The van der Waals surface area contributed by atoms with Crippen LogP contribution in [-0.2, 0) is 11.3 Å². The van der Waals surface area contributed by atoms with Crippen molar-refractivity contribution in [2.75, 3.05) is 26.8 Å². The van der Waals surface area contributed by atoms with Gasteiger partial charge in [0.1, 0.15) is 0 Å². The lowest BCUT2D eigenvalue weighted by molar-refractivity contribution is -0.119. The third-order valence-electron chi connectivity index (χ3n) is 3.60. The van der Waals surface area contributed by atoms with Gasteiger partial charge in [0.15, 0.2) is 18.1 Å². The lowest BCUT2D eigenvalue weighted by Gasteiger charge is -2.30. The first-order chi connectivity index (χ1) is 10.5. The largest absolute Gasteiger partial charge is 0.493 e. The number of nitrogens with zero attached hydrogens (tertiary/aromatic N) is 1. The van der Waals surface area contributed by atoms with Crippen molar-refractivity contribution >= 4 is 29.9 Å². The third-order valence-corrected chi connectivity index (χ3v) is 3.88. The number of primary amides is 1. The monoisotopic (exact) mass is 363 g/mol. The average Bonchev–Trinajstić information content (AvgIpc) is 2.45. The number of piperidine rings is 1. The van der Waals surface area contributed by atoms with Crippen molar-refractivity contribution in [2.24, 2.45) is 11.5 Å². The molecule has 4 N–H and O–H groups in total. The summed E-state index contributed by atoms with van der Waals surface area (Å²) in [4.78, 5) is 13.1. The Morgan fingerprint density at radius 2 is 2.22 bits per heavy atom. The number of rotatable bonds is 6. The van der Waals surface area contributed by atoms with Crippen molar-refractivity contribution in [1.82, 2.24) is 4.90 Å². The molecule has 23 heavy (non-hydrogen) atoms. The number of hydrogen-bond acceptors (Lipinski definition) is 5. The van der Waals surface area contributed by atoms with Crippen molar-refractivity contribution < 1.29 is 14.3 Å². The SMILES string of the molecule is COc1cc(CN2CCCC(N)C2)cc(Cl)c1OCC(N)=O.Cl. The lowest BCUT2D eigenvalue weighted by atomic mass is 10.1. The number of likely N-dealkylation sites (tertiary alicyclic amines) is 1. The molecule has 2 rings (SSSR count). The summed E-state index contributed by atoms with van der Waals surface area (Å²) in [6, 6.07) is 3.91. The van der Waals surface area contributed by atoms with Crippen LogP contribution in [-0.4, -0.2) is 43.7 Å². The van der Waals surface area contributed by atoms with Gasteiger partial charge in [0.2, 0.25) is 0 Å². The van der Waals surface area contributed by atoms with Crippen molar-refractivity contribution in [3.8, 4) is 11.5 Å². The van der Waals surface area contributed by atoms with Crippen LogP contribution < -0.4 is 20.9 Å². The summed E-state index contributed by atoms with van der Waals surface area (Å²) in [5.74, 6) is 0.261. The Balaban J connectivity index is 0.00000264. The number of benzene rings is 1. The third kappa shape index (κ3) is 5.73. The van der Waals surface area contributed by atoms with E-state index in [1.165, 1.54) is 7.11 Å². The number of carbonyl (C=O) groups excluding carboxylic acids is 1. The topological polar surface area (TPSA) is 90.8 Å². The van der Waals surface area contributed by atoms with Gasteiger partial charge < -0.3 is 20.9 Å². The smallest absolute Gasteiger partial charge is 0.255 e. The van der Waals surface area contributed by atoms with Crippen molar-refractivity contribution in [2.45, 2.75) is 25.4 Å². The van der Waals surface area contributed by atoms with E-state index in [0.717, 1.165) is 38.0 Å². The second-order valence-corrected chi connectivity index (χ2v) is 5.91. The maximum Gasteiger partial charge on any atom is 0.255 e. The fourth-order valence-electron chi connectivity index (χ4n) is 2.64. The van der Waals surface area contributed by atoms with Crippen LogP contribution in [0.1, 0.15) is 18.4 Å². The van der Waals surface area contributed by atoms with E-state index >= 15 is 0 Å². The molecule has 1 aliphatic rings. The summed E-state index contributed by atoms with van der Waals surface area (Å²) in [5, 5.41) is 0.400. The second kappa shape index (κ2) is 9.17. The predicted octanol–water partition coefficient (Wildman–Crippen LogP) is 1.56. The molecule has 1 saturated heterocycles. The number of hydrogen-bond donors (Lipinski definition) is 2.